The summed E-state index contributed by atoms with van der Waals surface area (Å²) in [5.74, 6) is 0.918. The lowest BCUT2D eigenvalue weighted by Gasteiger charge is -2.19. The average Bonchev–Trinajstić information content (AvgIpc) is 2.78. The van der Waals surface area contributed by atoms with Gasteiger partial charge in [0.25, 0.3) is 0 Å². The lowest BCUT2D eigenvalue weighted by Crippen LogP contribution is -2.17. The van der Waals surface area contributed by atoms with Crippen molar-refractivity contribution in [1.29, 1.82) is 5.41 Å². The molecule has 0 amide bonds. The number of aromatic nitrogens is 4. The normalized spacial score (nSPS) is 12.1. The minimum atomic E-state index is -4.55. The van der Waals surface area contributed by atoms with Gasteiger partial charge in [-0.2, -0.15) is 13.2 Å². The molecule has 4 rings (SSSR count). The quantitative estimate of drug-likeness (QED) is 0.360. The van der Waals surface area contributed by atoms with Gasteiger partial charge in [0.15, 0.2) is 5.65 Å². The topological polar surface area (TPSA) is 87.4 Å². The fourth-order valence-corrected chi connectivity index (χ4v) is 3.39. The number of alkyl halides is 3. The van der Waals surface area contributed by atoms with Gasteiger partial charge in [0.2, 0.25) is 0 Å². The molecule has 0 spiro atoms. The molecule has 2 N–H and O–H groups in total. The summed E-state index contributed by atoms with van der Waals surface area (Å²) in [5, 5.41) is 11.4. The highest BCUT2D eigenvalue weighted by atomic mass is 19.4. The van der Waals surface area contributed by atoms with Gasteiger partial charge in [-0.15, -0.1) is 0 Å². The molecule has 33 heavy (non-hydrogen) atoms. The predicted molar refractivity (Wildman–Crippen MR) is 122 cm³/mol. The minimum Gasteiger partial charge on any atom is -0.340 e. The number of nitrogens with one attached hydrogen (secondary N) is 2. The van der Waals surface area contributed by atoms with Crippen molar-refractivity contribution in [3.05, 3.63) is 71.7 Å². The number of hydrogen-bond donors (Lipinski definition) is 2. The molecule has 0 unspecified atom stereocenters. The second-order valence-electron chi connectivity index (χ2n) is 8.15. The van der Waals surface area contributed by atoms with E-state index in [1.165, 1.54) is 24.5 Å². The smallest absolute Gasteiger partial charge is 0.340 e. The van der Waals surface area contributed by atoms with E-state index in [2.05, 4.69) is 25.3 Å². The Balaban J connectivity index is 1.73. The number of halogens is 3. The highest BCUT2D eigenvalue weighted by molar-refractivity contribution is 5.90. The molecule has 0 radical (unpaired) electrons. The number of benzene rings is 1. The van der Waals surface area contributed by atoms with Crippen LogP contribution in [-0.2, 0) is 11.6 Å². The van der Waals surface area contributed by atoms with E-state index in [0.29, 0.717) is 17.0 Å². The van der Waals surface area contributed by atoms with Crippen LogP contribution in [0.4, 0.5) is 24.7 Å². The van der Waals surface area contributed by atoms with Crippen LogP contribution in [0.5, 0.6) is 0 Å². The summed E-state index contributed by atoms with van der Waals surface area (Å²) in [6, 6.07) is 13.0. The summed E-state index contributed by atoms with van der Waals surface area (Å²) < 4.78 is 40.3. The van der Waals surface area contributed by atoms with E-state index in [1.54, 1.807) is 13.0 Å². The zero-order valence-electron chi connectivity index (χ0n) is 18.2. The maximum absolute atomic E-state index is 13.4. The van der Waals surface area contributed by atoms with E-state index < -0.39 is 11.7 Å². The number of nitrogens with zero attached hydrogens (tertiary/aromatic N) is 4. The van der Waals surface area contributed by atoms with Crippen molar-refractivity contribution < 1.29 is 13.2 Å². The van der Waals surface area contributed by atoms with Gasteiger partial charge in [0.1, 0.15) is 17.3 Å². The number of rotatable bonds is 5. The molecular formula is C24H21F3N6. The first kappa shape index (κ1) is 22.3. The van der Waals surface area contributed by atoms with E-state index in [-0.39, 0.29) is 22.5 Å². The van der Waals surface area contributed by atoms with Crippen LogP contribution in [-0.4, -0.2) is 26.2 Å². The van der Waals surface area contributed by atoms with E-state index in [4.69, 9.17) is 5.41 Å². The second-order valence-corrected chi connectivity index (χ2v) is 8.15. The van der Waals surface area contributed by atoms with E-state index in [9.17, 15) is 13.2 Å². The molecule has 0 aliphatic heterocycles. The molecule has 0 aliphatic carbocycles. The van der Waals surface area contributed by atoms with Gasteiger partial charge >= 0.3 is 6.18 Å². The van der Waals surface area contributed by atoms with Gasteiger partial charge in [-0.1, -0.05) is 26.0 Å². The monoisotopic (exact) mass is 450 g/mol. The lowest BCUT2D eigenvalue weighted by atomic mass is 9.86. The van der Waals surface area contributed by atoms with E-state index in [0.717, 1.165) is 17.3 Å². The summed E-state index contributed by atoms with van der Waals surface area (Å²) in [5.41, 5.74) is 0.634. The van der Waals surface area contributed by atoms with Gasteiger partial charge in [-0.3, -0.25) is 4.98 Å². The Bertz CT molecular complexity index is 1330. The van der Waals surface area contributed by atoms with Crippen LogP contribution in [0.15, 0.2) is 54.7 Å². The van der Waals surface area contributed by atoms with Crippen LogP contribution >= 0.6 is 0 Å². The van der Waals surface area contributed by atoms with Crippen LogP contribution in [0.2, 0.25) is 0 Å². The van der Waals surface area contributed by atoms with Crippen LogP contribution in [0, 0.1) is 12.3 Å². The Morgan fingerprint density at radius 1 is 0.939 bits per heavy atom. The van der Waals surface area contributed by atoms with Crippen LogP contribution in [0.1, 0.15) is 30.8 Å². The molecule has 4 aromatic rings. The van der Waals surface area contributed by atoms with Crippen LogP contribution in [0.3, 0.4) is 0 Å². The molecule has 0 atom stereocenters. The van der Waals surface area contributed by atoms with E-state index in [1.807, 2.05) is 38.1 Å². The fraction of sp³-hybridized carbons (Fsp3) is 0.208. The number of fused-ring (bicyclic) bond motifs is 1. The van der Waals surface area contributed by atoms with E-state index >= 15 is 0 Å². The van der Waals surface area contributed by atoms with Gasteiger partial charge in [0.05, 0.1) is 16.6 Å². The summed E-state index contributed by atoms with van der Waals surface area (Å²) >= 11 is 0. The third-order valence-electron chi connectivity index (χ3n) is 5.28. The van der Waals surface area contributed by atoms with Gasteiger partial charge in [-0.25, -0.2) is 15.0 Å². The van der Waals surface area contributed by atoms with Gasteiger partial charge < -0.3 is 10.7 Å². The number of aryl methyl sites for hydroxylation is 1. The maximum atomic E-state index is 13.4. The zero-order chi connectivity index (χ0) is 23.8. The second kappa shape index (κ2) is 8.23. The highest BCUT2D eigenvalue weighted by Crippen LogP contribution is 2.36. The third-order valence-corrected chi connectivity index (χ3v) is 5.28. The SMILES string of the molecule is Cc1nc(Nc2ccc(C(C)(C)C=N)cc2)c2ccc(-c3ncccc3C(F)(F)F)nc2n1. The maximum Gasteiger partial charge on any atom is 0.418 e. The predicted octanol–water partition coefficient (Wildman–Crippen LogP) is 6.08. The van der Waals surface area contributed by atoms with Crippen molar-refractivity contribution in [2.24, 2.45) is 0 Å². The molecule has 0 fully saturated rings. The number of pyridine rings is 2. The van der Waals surface area contributed by atoms with Crippen molar-refractivity contribution in [3.63, 3.8) is 0 Å². The summed E-state index contributed by atoms with van der Waals surface area (Å²) in [6.07, 6.45) is -1.85. The van der Waals surface area contributed by atoms with Crippen LogP contribution in [0.25, 0.3) is 22.4 Å². The number of hydrogen-bond acceptors (Lipinski definition) is 6. The fourth-order valence-electron chi connectivity index (χ4n) is 3.39. The van der Waals surface area contributed by atoms with Crippen LogP contribution < -0.4 is 5.32 Å². The molecule has 0 saturated carbocycles. The standard InChI is InChI=1S/C24H21F3N6/c1-14-30-21(32-16-8-6-15(7-9-16)23(2,3)13-28)17-10-11-19(33-22(17)31-14)20-18(24(25,26)27)5-4-12-29-20/h4-13,28H,1-3H3,(H,30,31,32,33). The van der Waals surface area contributed by atoms with Crippen molar-refractivity contribution in [1.82, 2.24) is 19.9 Å². The molecule has 3 aromatic heterocycles. The molecule has 0 aliphatic rings. The molecule has 9 heteroatoms. The Morgan fingerprint density at radius 2 is 1.67 bits per heavy atom. The molecule has 1 aromatic carbocycles. The lowest BCUT2D eigenvalue weighted by molar-refractivity contribution is -0.137. The Kier molecular flexibility index (Phi) is 5.57. The largest absolute Gasteiger partial charge is 0.418 e. The van der Waals surface area contributed by atoms with Gasteiger partial charge in [0, 0.05) is 23.5 Å². The molecule has 3 heterocycles. The first-order valence-corrected chi connectivity index (χ1v) is 10.2. The highest BCUT2D eigenvalue weighted by Gasteiger charge is 2.34. The average molecular weight is 450 g/mol. The Morgan fingerprint density at radius 3 is 2.33 bits per heavy atom. The van der Waals surface area contributed by atoms with Gasteiger partial charge in [-0.05, 0) is 48.9 Å². The molecule has 6 nitrogen and oxygen atoms in total. The van der Waals surface area contributed by atoms with Crippen molar-refractivity contribution in [2.45, 2.75) is 32.4 Å². The van der Waals surface area contributed by atoms with Crippen molar-refractivity contribution in [2.75, 3.05) is 5.32 Å². The summed E-state index contributed by atoms with van der Waals surface area (Å²) in [7, 11) is 0. The molecular weight excluding hydrogens is 429 g/mol. The van der Waals surface area contributed by atoms with Crippen molar-refractivity contribution in [3.8, 4) is 11.4 Å². The first-order valence-electron chi connectivity index (χ1n) is 10.2. The zero-order valence-corrected chi connectivity index (χ0v) is 18.2. The Hall–Kier alpha value is -3.88. The molecule has 0 bridgehead atoms. The molecule has 0 saturated heterocycles. The number of anilines is 2. The third kappa shape index (κ3) is 4.52. The Labute approximate surface area is 188 Å². The first-order chi connectivity index (χ1) is 15.6. The minimum absolute atomic E-state index is 0.0812. The molecule has 168 valence electrons. The summed E-state index contributed by atoms with van der Waals surface area (Å²) in [6.45, 7) is 5.61. The van der Waals surface area contributed by atoms with Crippen molar-refractivity contribution >= 4 is 28.8 Å². The summed E-state index contributed by atoms with van der Waals surface area (Å²) in [4.78, 5) is 17.0.